The van der Waals surface area contributed by atoms with Gasteiger partial charge in [-0.25, -0.2) is 0 Å². The van der Waals surface area contributed by atoms with Gasteiger partial charge in [0, 0.05) is 18.2 Å². The molecular weight excluding hydrogens is 406 g/mol. The van der Waals surface area contributed by atoms with Crippen LogP contribution in [0, 0.1) is 0 Å². The van der Waals surface area contributed by atoms with Gasteiger partial charge >= 0.3 is 0 Å². The van der Waals surface area contributed by atoms with E-state index in [0.717, 1.165) is 50.1 Å². The standard InChI is InChI=1S/C26H35NO5/c1-5-31-23-15-12-20(18-25(23)32-6-2)26(28)27-16-8-7-9-21(27)13-10-19-11-14-22(29-3)24(17-19)30-4/h11-12,14-15,17-18,21H,5-10,13,16H2,1-4H3. The van der Waals surface area contributed by atoms with Gasteiger partial charge in [-0.3, -0.25) is 4.79 Å². The van der Waals surface area contributed by atoms with Gasteiger partial charge in [-0.2, -0.15) is 0 Å². The zero-order valence-electron chi connectivity index (χ0n) is 19.7. The third-order valence-electron chi connectivity index (χ3n) is 5.89. The molecule has 1 amide bonds. The van der Waals surface area contributed by atoms with E-state index in [2.05, 4.69) is 6.07 Å². The Morgan fingerprint density at radius 2 is 1.62 bits per heavy atom. The number of carbonyl (C=O) groups excluding carboxylic acids is 1. The average Bonchev–Trinajstić information content (AvgIpc) is 2.83. The Balaban J connectivity index is 1.73. The molecule has 0 aromatic heterocycles. The summed E-state index contributed by atoms with van der Waals surface area (Å²) in [4.78, 5) is 15.5. The molecule has 1 atom stereocenters. The number of benzene rings is 2. The zero-order chi connectivity index (χ0) is 22.9. The second-order valence-corrected chi connectivity index (χ2v) is 7.90. The van der Waals surface area contributed by atoms with Gasteiger partial charge in [-0.15, -0.1) is 0 Å². The molecule has 6 heteroatoms. The van der Waals surface area contributed by atoms with E-state index < -0.39 is 0 Å². The molecular formula is C26H35NO5. The van der Waals surface area contributed by atoms with Gasteiger partial charge in [0.15, 0.2) is 23.0 Å². The Morgan fingerprint density at radius 3 is 2.34 bits per heavy atom. The lowest BCUT2D eigenvalue weighted by Gasteiger charge is -2.36. The summed E-state index contributed by atoms with van der Waals surface area (Å²) in [5, 5.41) is 0. The maximum atomic E-state index is 13.4. The lowest BCUT2D eigenvalue weighted by molar-refractivity contribution is 0.0601. The van der Waals surface area contributed by atoms with Crippen molar-refractivity contribution in [1.29, 1.82) is 0 Å². The molecule has 1 heterocycles. The van der Waals surface area contributed by atoms with Crippen molar-refractivity contribution in [3.05, 3.63) is 47.5 Å². The SMILES string of the molecule is CCOc1ccc(C(=O)N2CCCCC2CCc2ccc(OC)c(OC)c2)cc1OCC. The monoisotopic (exact) mass is 441 g/mol. The molecule has 0 saturated carbocycles. The second-order valence-electron chi connectivity index (χ2n) is 7.90. The van der Waals surface area contributed by atoms with Crippen molar-refractivity contribution in [3.63, 3.8) is 0 Å². The minimum Gasteiger partial charge on any atom is -0.493 e. The van der Waals surface area contributed by atoms with Crippen molar-refractivity contribution in [3.8, 4) is 23.0 Å². The van der Waals surface area contributed by atoms with Crippen LogP contribution in [0.25, 0.3) is 0 Å². The molecule has 1 fully saturated rings. The van der Waals surface area contributed by atoms with Crippen molar-refractivity contribution in [1.82, 2.24) is 4.90 Å². The first-order chi connectivity index (χ1) is 15.6. The van der Waals surface area contributed by atoms with Crippen LogP contribution in [0.5, 0.6) is 23.0 Å². The molecule has 1 unspecified atom stereocenters. The number of methoxy groups -OCH3 is 2. The number of likely N-dealkylation sites (tertiary alicyclic amines) is 1. The van der Waals surface area contributed by atoms with Crippen LogP contribution in [0.4, 0.5) is 0 Å². The molecule has 2 aromatic rings. The number of rotatable bonds is 10. The molecule has 174 valence electrons. The first-order valence-electron chi connectivity index (χ1n) is 11.5. The molecule has 0 N–H and O–H groups in total. The smallest absolute Gasteiger partial charge is 0.254 e. The average molecular weight is 442 g/mol. The van der Waals surface area contributed by atoms with Crippen LogP contribution in [0.2, 0.25) is 0 Å². The molecule has 0 bridgehead atoms. The summed E-state index contributed by atoms with van der Waals surface area (Å²) in [5.74, 6) is 2.82. The lowest BCUT2D eigenvalue weighted by atomic mass is 9.95. The highest BCUT2D eigenvalue weighted by Gasteiger charge is 2.28. The van der Waals surface area contributed by atoms with Gasteiger partial charge in [0.2, 0.25) is 0 Å². The van der Waals surface area contributed by atoms with Gasteiger partial charge in [0.1, 0.15) is 0 Å². The number of amides is 1. The van der Waals surface area contributed by atoms with Crippen LogP contribution < -0.4 is 18.9 Å². The molecule has 0 spiro atoms. The number of ether oxygens (including phenoxy) is 4. The first-order valence-corrected chi connectivity index (χ1v) is 11.5. The number of piperidine rings is 1. The molecule has 1 aliphatic heterocycles. The second kappa shape index (κ2) is 11.7. The molecule has 0 radical (unpaired) electrons. The van der Waals surface area contributed by atoms with E-state index in [4.69, 9.17) is 18.9 Å². The topological polar surface area (TPSA) is 57.2 Å². The quantitative estimate of drug-likeness (QED) is 0.512. The minimum atomic E-state index is 0.0611. The van der Waals surface area contributed by atoms with E-state index in [1.54, 1.807) is 14.2 Å². The molecule has 1 aliphatic rings. The van der Waals surface area contributed by atoms with Crippen LogP contribution in [-0.2, 0) is 6.42 Å². The zero-order valence-corrected chi connectivity index (χ0v) is 19.7. The van der Waals surface area contributed by atoms with Crippen molar-refractivity contribution >= 4 is 5.91 Å². The third-order valence-corrected chi connectivity index (χ3v) is 5.89. The summed E-state index contributed by atoms with van der Waals surface area (Å²) < 4.78 is 22.1. The van der Waals surface area contributed by atoms with Gasteiger partial charge in [0.05, 0.1) is 27.4 Å². The highest BCUT2D eigenvalue weighted by Crippen LogP contribution is 2.32. The van der Waals surface area contributed by atoms with E-state index in [0.29, 0.717) is 30.3 Å². The fraction of sp³-hybridized carbons (Fsp3) is 0.500. The number of nitrogens with zero attached hydrogens (tertiary/aromatic N) is 1. The van der Waals surface area contributed by atoms with E-state index in [1.807, 2.05) is 49.1 Å². The number of carbonyl (C=O) groups is 1. The summed E-state index contributed by atoms with van der Waals surface area (Å²) >= 11 is 0. The molecule has 32 heavy (non-hydrogen) atoms. The van der Waals surface area contributed by atoms with Gasteiger partial charge in [-0.1, -0.05) is 6.07 Å². The molecule has 6 nitrogen and oxygen atoms in total. The van der Waals surface area contributed by atoms with Crippen LogP contribution in [0.1, 0.15) is 55.5 Å². The van der Waals surface area contributed by atoms with Crippen molar-refractivity contribution in [2.45, 2.75) is 52.0 Å². The molecule has 0 aliphatic carbocycles. The Labute approximate surface area is 191 Å². The number of hydrogen-bond donors (Lipinski definition) is 0. The van der Waals surface area contributed by atoms with Crippen molar-refractivity contribution in [2.24, 2.45) is 0 Å². The maximum Gasteiger partial charge on any atom is 0.254 e. The summed E-state index contributed by atoms with van der Waals surface area (Å²) in [6, 6.07) is 11.7. The third kappa shape index (κ3) is 5.67. The van der Waals surface area contributed by atoms with Crippen molar-refractivity contribution < 1.29 is 23.7 Å². The first kappa shape index (κ1) is 23.8. The number of hydrogen-bond acceptors (Lipinski definition) is 5. The van der Waals surface area contributed by atoms with Crippen molar-refractivity contribution in [2.75, 3.05) is 34.0 Å². The lowest BCUT2D eigenvalue weighted by Crippen LogP contribution is -2.44. The van der Waals surface area contributed by atoms with Crippen LogP contribution in [0.15, 0.2) is 36.4 Å². The largest absolute Gasteiger partial charge is 0.493 e. The highest BCUT2D eigenvalue weighted by atomic mass is 16.5. The summed E-state index contributed by atoms with van der Waals surface area (Å²) in [6.07, 6.45) is 5.00. The molecule has 3 rings (SSSR count). The minimum absolute atomic E-state index is 0.0611. The van der Waals surface area contributed by atoms with Crippen LogP contribution in [-0.4, -0.2) is 50.8 Å². The number of aryl methyl sites for hydroxylation is 1. The normalized spacial score (nSPS) is 15.9. The fourth-order valence-corrected chi connectivity index (χ4v) is 4.29. The Kier molecular flexibility index (Phi) is 8.65. The maximum absolute atomic E-state index is 13.4. The molecule has 1 saturated heterocycles. The van der Waals surface area contributed by atoms with Gasteiger partial charge in [-0.05, 0) is 81.8 Å². The van der Waals surface area contributed by atoms with E-state index in [1.165, 1.54) is 5.56 Å². The summed E-state index contributed by atoms with van der Waals surface area (Å²) in [7, 11) is 3.29. The Morgan fingerprint density at radius 1 is 0.906 bits per heavy atom. The summed E-state index contributed by atoms with van der Waals surface area (Å²) in [6.45, 7) is 5.73. The van der Waals surface area contributed by atoms with Gasteiger partial charge < -0.3 is 23.8 Å². The summed E-state index contributed by atoms with van der Waals surface area (Å²) in [5.41, 5.74) is 1.83. The van der Waals surface area contributed by atoms with Gasteiger partial charge in [0.25, 0.3) is 5.91 Å². The Hall–Kier alpha value is -2.89. The Bertz CT molecular complexity index is 898. The van der Waals surface area contributed by atoms with E-state index in [9.17, 15) is 4.79 Å². The highest BCUT2D eigenvalue weighted by molar-refractivity contribution is 5.95. The van der Waals surface area contributed by atoms with Crippen LogP contribution in [0.3, 0.4) is 0 Å². The van der Waals surface area contributed by atoms with Crippen LogP contribution >= 0.6 is 0 Å². The molecule has 2 aromatic carbocycles. The predicted octanol–water partition coefficient (Wildman–Crippen LogP) is 5.13. The predicted molar refractivity (Wildman–Crippen MR) is 125 cm³/mol. The van der Waals surface area contributed by atoms with E-state index >= 15 is 0 Å². The fourth-order valence-electron chi connectivity index (χ4n) is 4.29. The van der Waals surface area contributed by atoms with E-state index in [-0.39, 0.29) is 11.9 Å².